The van der Waals surface area contributed by atoms with Crippen molar-refractivity contribution in [3.63, 3.8) is 0 Å². The monoisotopic (exact) mass is 608 g/mol. The standard InChI is InChI=1S/C26H26BrClN2O6S/c27-20-8-4-18(5-9-20)19-6-14-23(15-7-19)37(34,35)30-24(26(32)33)3-1-2-16-29-25(31)17-36-22-12-10-21(28)11-13-22/h4-15,24,30H,1-3,16-17H2,(H,29,31)(H,32,33). The van der Waals surface area contributed by atoms with Crippen LogP contribution in [0.3, 0.4) is 0 Å². The molecule has 0 spiro atoms. The predicted molar refractivity (Wildman–Crippen MR) is 145 cm³/mol. The molecule has 3 rings (SSSR count). The molecule has 0 fully saturated rings. The number of carboxylic acids is 1. The molecule has 0 aliphatic carbocycles. The number of ether oxygens (including phenoxy) is 1. The smallest absolute Gasteiger partial charge is 0.321 e. The third-order valence-electron chi connectivity index (χ3n) is 5.36. The van der Waals surface area contributed by atoms with Gasteiger partial charge in [-0.05, 0) is 78.9 Å². The van der Waals surface area contributed by atoms with Crippen LogP contribution >= 0.6 is 27.5 Å². The molecule has 11 heteroatoms. The molecule has 0 radical (unpaired) electrons. The SMILES string of the molecule is O=C(COc1ccc(Cl)cc1)NCCCCC(NS(=O)(=O)c1ccc(-c2ccc(Br)cc2)cc1)C(=O)O. The van der Waals surface area contributed by atoms with Gasteiger partial charge >= 0.3 is 5.97 Å². The lowest BCUT2D eigenvalue weighted by Gasteiger charge is -2.15. The van der Waals surface area contributed by atoms with Crippen LogP contribution in [0.2, 0.25) is 5.02 Å². The molecule has 1 unspecified atom stereocenters. The highest BCUT2D eigenvalue weighted by Crippen LogP contribution is 2.23. The summed E-state index contributed by atoms with van der Waals surface area (Å²) in [6, 6.07) is 19.1. The maximum Gasteiger partial charge on any atom is 0.321 e. The molecule has 0 saturated carbocycles. The van der Waals surface area contributed by atoms with Crippen LogP contribution in [0, 0.1) is 0 Å². The van der Waals surface area contributed by atoms with Gasteiger partial charge in [-0.2, -0.15) is 4.72 Å². The number of benzene rings is 3. The number of amides is 1. The summed E-state index contributed by atoms with van der Waals surface area (Å²) in [5, 5.41) is 12.8. The van der Waals surface area contributed by atoms with E-state index in [9.17, 15) is 23.1 Å². The van der Waals surface area contributed by atoms with Gasteiger partial charge in [0.05, 0.1) is 4.90 Å². The molecule has 0 aromatic heterocycles. The number of unbranched alkanes of at least 4 members (excludes halogenated alkanes) is 1. The summed E-state index contributed by atoms with van der Waals surface area (Å²) < 4.78 is 34.1. The van der Waals surface area contributed by atoms with Crippen molar-refractivity contribution in [2.45, 2.75) is 30.2 Å². The summed E-state index contributed by atoms with van der Waals surface area (Å²) in [5.74, 6) is -1.08. The van der Waals surface area contributed by atoms with E-state index in [-0.39, 0.29) is 23.8 Å². The second-order valence-corrected chi connectivity index (χ2v) is 11.2. The van der Waals surface area contributed by atoms with Crippen LogP contribution < -0.4 is 14.8 Å². The Balaban J connectivity index is 1.44. The van der Waals surface area contributed by atoms with Crippen molar-refractivity contribution in [1.82, 2.24) is 10.0 Å². The third-order valence-corrected chi connectivity index (χ3v) is 7.63. The fourth-order valence-corrected chi connectivity index (χ4v) is 5.00. The highest BCUT2D eigenvalue weighted by molar-refractivity contribution is 9.10. The van der Waals surface area contributed by atoms with Gasteiger partial charge in [-0.3, -0.25) is 9.59 Å². The Morgan fingerprint density at radius 2 is 1.51 bits per heavy atom. The number of nitrogens with one attached hydrogen (secondary N) is 2. The largest absolute Gasteiger partial charge is 0.484 e. The van der Waals surface area contributed by atoms with Gasteiger partial charge in [-0.15, -0.1) is 0 Å². The minimum absolute atomic E-state index is 0.0208. The minimum atomic E-state index is -4.04. The predicted octanol–water partition coefficient (Wildman–Crippen LogP) is 4.87. The lowest BCUT2D eigenvalue weighted by molar-refractivity contribution is -0.139. The summed E-state index contributed by atoms with van der Waals surface area (Å²) in [6.07, 6.45) is 0.934. The number of aliphatic carboxylic acids is 1. The zero-order valence-electron chi connectivity index (χ0n) is 19.7. The Kier molecular flexibility index (Phi) is 10.5. The Morgan fingerprint density at radius 1 is 0.919 bits per heavy atom. The second-order valence-electron chi connectivity index (χ2n) is 8.13. The van der Waals surface area contributed by atoms with E-state index in [2.05, 4.69) is 26.0 Å². The molecular weight excluding hydrogens is 584 g/mol. The van der Waals surface area contributed by atoms with E-state index in [4.69, 9.17) is 16.3 Å². The van der Waals surface area contributed by atoms with Gasteiger partial charge in [-0.1, -0.05) is 51.8 Å². The number of rotatable bonds is 13. The lowest BCUT2D eigenvalue weighted by Crippen LogP contribution is -2.40. The van der Waals surface area contributed by atoms with Crippen LogP contribution in [-0.2, 0) is 19.6 Å². The van der Waals surface area contributed by atoms with Crippen LogP contribution in [-0.4, -0.2) is 44.6 Å². The molecule has 1 atom stereocenters. The first kappa shape index (κ1) is 28.6. The van der Waals surface area contributed by atoms with Gasteiger partial charge in [-0.25, -0.2) is 8.42 Å². The number of halogens is 2. The zero-order valence-corrected chi connectivity index (χ0v) is 22.9. The van der Waals surface area contributed by atoms with E-state index in [0.717, 1.165) is 15.6 Å². The topological polar surface area (TPSA) is 122 Å². The first-order valence-corrected chi connectivity index (χ1v) is 14.1. The van der Waals surface area contributed by atoms with E-state index in [1.165, 1.54) is 12.1 Å². The highest BCUT2D eigenvalue weighted by atomic mass is 79.9. The van der Waals surface area contributed by atoms with Gasteiger partial charge in [0, 0.05) is 16.0 Å². The molecule has 8 nitrogen and oxygen atoms in total. The average Bonchev–Trinajstić information content (AvgIpc) is 2.88. The van der Waals surface area contributed by atoms with E-state index in [1.54, 1.807) is 36.4 Å². The Morgan fingerprint density at radius 3 is 2.11 bits per heavy atom. The zero-order chi connectivity index (χ0) is 26.8. The number of carboxylic acid groups (broad SMARTS) is 1. The van der Waals surface area contributed by atoms with Crippen LogP contribution in [0.5, 0.6) is 5.75 Å². The maximum atomic E-state index is 12.8. The van der Waals surface area contributed by atoms with E-state index < -0.39 is 22.0 Å². The fourth-order valence-electron chi connectivity index (χ4n) is 3.39. The molecule has 0 aliphatic rings. The molecule has 3 aromatic rings. The summed E-state index contributed by atoms with van der Waals surface area (Å²) in [4.78, 5) is 23.6. The number of carbonyl (C=O) groups excluding carboxylic acids is 1. The van der Waals surface area contributed by atoms with Crippen LogP contribution in [0.15, 0.2) is 82.2 Å². The molecule has 0 aliphatic heterocycles. The van der Waals surface area contributed by atoms with Crippen molar-refractivity contribution in [3.05, 3.63) is 82.3 Å². The van der Waals surface area contributed by atoms with Gasteiger partial charge < -0.3 is 15.2 Å². The normalized spacial score (nSPS) is 12.1. The first-order chi connectivity index (χ1) is 17.6. The fraction of sp³-hybridized carbons (Fsp3) is 0.231. The molecule has 0 heterocycles. The number of hydrogen-bond acceptors (Lipinski definition) is 5. The summed E-state index contributed by atoms with van der Waals surface area (Å²) in [5.41, 5.74) is 1.76. The number of sulfonamides is 1. The van der Waals surface area contributed by atoms with Crippen LogP contribution in [0.25, 0.3) is 11.1 Å². The van der Waals surface area contributed by atoms with Gasteiger partial charge in [0.2, 0.25) is 10.0 Å². The molecule has 1 amide bonds. The van der Waals surface area contributed by atoms with Crippen molar-refractivity contribution in [1.29, 1.82) is 0 Å². The average molecular weight is 610 g/mol. The number of hydrogen-bond donors (Lipinski definition) is 3. The van der Waals surface area contributed by atoms with Crippen molar-refractivity contribution < 1.29 is 27.9 Å². The Bertz CT molecular complexity index is 1300. The number of carbonyl (C=O) groups is 2. The van der Waals surface area contributed by atoms with Gasteiger partial charge in [0.15, 0.2) is 6.61 Å². The molecule has 37 heavy (non-hydrogen) atoms. The third kappa shape index (κ3) is 9.15. The van der Waals surface area contributed by atoms with Crippen molar-refractivity contribution in [2.24, 2.45) is 0 Å². The lowest BCUT2D eigenvalue weighted by atomic mass is 10.1. The highest BCUT2D eigenvalue weighted by Gasteiger charge is 2.25. The molecular formula is C26H26BrClN2O6S. The van der Waals surface area contributed by atoms with E-state index in [0.29, 0.717) is 30.2 Å². The second kappa shape index (κ2) is 13.6. The van der Waals surface area contributed by atoms with Crippen LogP contribution in [0.4, 0.5) is 0 Å². The molecule has 0 saturated heterocycles. The summed E-state index contributed by atoms with van der Waals surface area (Å²) in [6.45, 7) is 0.138. The van der Waals surface area contributed by atoms with Crippen molar-refractivity contribution in [2.75, 3.05) is 13.2 Å². The molecule has 0 bridgehead atoms. The summed E-state index contributed by atoms with van der Waals surface area (Å²) >= 11 is 9.18. The quantitative estimate of drug-likeness (QED) is 0.238. The molecule has 196 valence electrons. The maximum absolute atomic E-state index is 12.8. The summed E-state index contributed by atoms with van der Waals surface area (Å²) in [7, 11) is -4.04. The Labute approximate surface area is 229 Å². The van der Waals surface area contributed by atoms with Gasteiger partial charge in [0.1, 0.15) is 11.8 Å². The minimum Gasteiger partial charge on any atom is -0.484 e. The molecule has 3 aromatic carbocycles. The van der Waals surface area contributed by atoms with Crippen molar-refractivity contribution in [3.8, 4) is 16.9 Å². The van der Waals surface area contributed by atoms with E-state index in [1.807, 2.05) is 24.3 Å². The van der Waals surface area contributed by atoms with E-state index >= 15 is 0 Å². The van der Waals surface area contributed by atoms with Crippen LogP contribution in [0.1, 0.15) is 19.3 Å². The Hall–Kier alpha value is -2.92. The van der Waals surface area contributed by atoms with Gasteiger partial charge in [0.25, 0.3) is 5.91 Å². The first-order valence-electron chi connectivity index (χ1n) is 11.4. The van der Waals surface area contributed by atoms with Crippen molar-refractivity contribution >= 4 is 49.4 Å². The molecule has 3 N–H and O–H groups in total.